The summed E-state index contributed by atoms with van der Waals surface area (Å²) >= 11 is 0. The van der Waals surface area contributed by atoms with E-state index in [2.05, 4.69) is 30.9 Å². The van der Waals surface area contributed by atoms with Crippen molar-refractivity contribution in [1.29, 1.82) is 0 Å². The van der Waals surface area contributed by atoms with Gasteiger partial charge in [-0.1, -0.05) is 60.7 Å². The maximum atomic E-state index is 14.1. The number of ketones is 1. The molecule has 0 aromatic heterocycles. The molecule has 0 radical (unpaired) electrons. The maximum Gasteiger partial charge on any atom is 0.266 e. The molecule has 0 saturated heterocycles. The van der Waals surface area contributed by atoms with Crippen molar-refractivity contribution in [1.82, 2.24) is 0 Å². The average Bonchev–Trinajstić information content (AvgIpc) is 2.97. The van der Waals surface area contributed by atoms with Crippen LogP contribution in [-0.4, -0.2) is 30.5 Å². The number of amides is 1. The summed E-state index contributed by atoms with van der Waals surface area (Å²) in [6.07, 6.45) is 1.63. The number of Topliss-reactive ketones (excluding diaryl/α,β-unsaturated/α-hetero) is 1. The second-order valence-electron chi connectivity index (χ2n) is 8.93. The number of carbonyl (C=O) groups is 2. The van der Waals surface area contributed by atoms with Crippen molar-refractivity contribution in [3.63, 3.8) is 0 Å². The van der Waals surface area contributed by atoms with E-state index in [1.165, 1.54) is 0 Å². The van der Waals surface area contributed by atoms with E-state index in [0.29, 0.717) is 28.2 Å². The zero-order valence-electron chi connectivity index (χ0n) is 21.5. The van der Waals surface area contributed by atoms with Gasteiger partial charge in [0.15, 0.2) is 5.78 Å². The SMILES string of the molecule is CCN(CC)c1ccc(N=C2C=C(C(=O)N(c3ccccc3)c3ccccc3)C(=O)c3ccccc32)cc1. The van der Waals surface area contributed by atoms with E-state index >= 15 is 0 Å². The molecule has 5 nitrogen and oxygen atoms in total. The molecular formula is C33H29N3O2. The molecule has 0 saturated carbocycles. The highest BCUT2D eigenvalue weighted by Crippen LogP contribution is 2.31. The zero-order chi connectivity index (χ0) is 26.5. The zero-order valence-corrected chi connectivity index (χ0v) is 21.5. The Balaban J connectivity index is 1.59. The van der Waals surface area contributed by atoms with Gasteiger partial charge in [0.1, 0.15) is 0 Å². The summed E-state index contributed by atoms with van der Waals surface area (Å²) in [6, 6.07) is 34.1. The second kappa shape index (κ2) is 11.1. The van der Waals surface area contributed by atoms with E-state index in [1.54, 1.807) is 17.0 Å². The van der Waals surface area contributed by atoms with E-state index in [0.717, 1.165) is 24.5 Å². The third-order valence-electron chi connectivity index (χ3n) is 6.66. The Morgan fingerprint density at radius 3 is 1.74 bits per heavy atom. The topological polar surface area (TPSA) is 53.0 Å². The summed E-state index contributed by atoms with van der Waals surface area (Å²) < 4.78 is 0. The Bertz CT molecular complexity index is 1460. The first-order valence-corrected chi connectivity index (χ1v) is 12.8. The molecule has 38 heavy (non-hydrogen) atoms. The van der Waals surface area contributed by atoms with Crippen molar-refractivity contribution in [2.24, 2.45) is 4.99 Å². The van der Waals surface area contributed by atoms with Crippen LogP contribution in [0.5, 0.6) is 0 Å². The smallest absolute Gasteiger partial charge is 0.266 e. The molecule has 0 aliphatic heterocycles. The van der Waals surface area contributed by atoms with Gasteiger partial charge in [0, 0.05) is 41.3 Å². The molecular weight excluding hydrogens is 470 g/mol. The van der Waals surface area contributed by atoms with Gasteiger partial charge in [-0.05, 0) is 68.5 Å². The largest absolute Gasteiger partial charge is 0.372 e. The number of carbonyl (C=O) groups excluding carboxylic acids is 2. The number of nitrogens with zero attached hydrogens (tertiary/aromatic N) is 3. The van der Waals surface area contributed by atoms with Crippen LogP contribution >= 0.6 is 0 Å². The van der Waals surface area contributed by atoms with Gasteiger partial charge in [0.05, 0.1) is 17.0 Å². The van der Waals surface area contributed by atoms with Crippen molar-refractivity contribution in [2.75, 3.05) is 22.9 Å². The van der Waals surface area contributed by atoms with Gasteiger partial charge in [-0.3, -0.25) is 14.5 Å². The summed E-state index contributed by atoms with van der Waals surface area (Å²) in [6.45, 7) is 6.11. The van der Waals surface area contributed by atoms with Crippen LogP contribution < -0.4 is 9.80 Å². The van der Waals surface area contributed by atoms with E-state index in [1.807, 2.05) is 91.0 Å². The number of rotatable bonds is 7. The van der Waals surface area contributed by atoms with Crippen LogP contribution in [-0.2, 0) is 4.79 Å². The molecule has 4 aromatic rings. The lowest BCUT2D eigenvalue weighted by atomic mass is 9.88. The van der Waals surface area contributed by atoms with Crippen LogP contribution in [0.25, 0.3) is 0 Å². The normalized spacial score (nSPS) is 13.6. The van der Waals surface area contributed by atoms with Gasteiger partial charge < -0.3 is 4.90 Å². The Kier molecular flexibility index (Phi) is 7.27. The van der Waals surface area contributed by atoms with Crippen molar-refractivity contribution in [2.45, 2.75) is 13.8 Å². The number of benzene rings is 4. The first-order valence-electron chi connectivity index (χ1n) is 12.8. The van der Waals surface area contributed by atoms with E-state index in [-0.39, 0.29) is 11.4 Å². The Labute approximate surface area is 223 Å². The van der Waals surface area contributed by atoms with Gasteiger partial charge in [-0.15, -0.1) is 0 Å². The number of allylic oxidation sites excluding steroid dienone is 1. The van der Waals surface area contributed by atoms with Crippen LogP contribution in [0.3, 0.4) is 0 Å². The molecule has 4 aromatic carbocycles. The molecule has 1 amide bonds. The summed E-state index contributed by atoms with van der Waals surface area (Å²) in [4.78, 5) is 36.4. The lowest BCUT2D eigenvalue weighted by molar-refractivity contribution is -0.114. The van der Waals surface area contributed by atoms with Gasteiger partial charge in [-0.2, -0.15) is 0 Å². The van der Waals surface area contributed by atoms with Crippen molar-refractivity contribution in [3.05, 3.63) is 132 Å². The molecule has 188 valence electrons. The Hall–Kier alpha value is -4.77. The molecule has 1 aliphatic rings. The van der Waals surface area contributed by atoms with Gasteiger partial charge >= 0.3 is 0 Å². The molecule has 0 N–H and O–H groups in total. The number of para-hydroxylation sites is 2. The van der Waals surface area contributed by atoms with Gasteiger partial charge in [0.25, 0.3) is 5.91 Å². The number of hydrogen-bond acceptors (Lipinski definition) is 4. The van der Waals surface area contributed by atoms with Gasteiger partial charge in [-0.25, -0.2) is 4.99 Å². The Morgan fingerprint density at radius 2 is 1.18 bits per heavy atom. The van der Waals surface area contributed by atoms with E-state index in [4.69, 9.17) is 4.99 Å². The Morgan fingerprint density at radius 1 is 0.658 bits per heavy atom. The molecule has 0 fully saturated rings. The third-order valence-corrected chi connectivity index (χ3v) is 6.66. The molecule has 0 spiro atoms. The predicted octanol–water partition coefficient (Wildman–Crippen LogP) is 7.14. The van der Waals surface area contributed by atoms with Crippen LogP contribution in [0.4, 0.5) is 22.7 Å². The lowest BCUT2D eigenvalue weighted by Crippen LogP contribution is -2.33. The highest BCUT2D eigenvalue weighted by atomic mass is 16.2. The molecule has 5 rings (SSSR count). The molecule has 1 aliphatic carbocycles. The average molecular weight is 500 g/mol. The minimum atomic E-state index is -0.397. The predicted molar refractivity (Wildman–Crippen MR) is 155 cm³/mol. The molecule has 5 heteroatoms. The highest BCUT2D eigenvalue weighted by molar-refractivity contribution is 6.38. The first-order chi connectivity index (χ1) is 18.6. The van der Waals surface area contributed by atoms with Crippen molar-refractivity contribution < 1.29 is 9.59 Å². The van der Waals surface area contributed by atoms with Gasteiger partial charge in [0.2, 0.25) is 0 Å². The van der Waals surface area contributed by atoms with Crippen LogP contribution in [0.1, 0.15) is 29.8 Å². The summed E-state index contributed by atoms with van der Waals surface area (Å²) in [5.41, 5.74) is 5.10. The summed E-state index contributed by atoms with van der Waals surface area (Å²) in [5, 5.41) is 0. The van der Waals surface area contributed by atoms with Crippen LogP contribution in [0.2, 0.25) is 0 Å². The standard InChI is InChI=1S/C33H29N3O2/c1-3-35(4-2)25-21-19-24(20-22-25)34-31-23-30(32(37)29-18-12-11-17-28(29)31)33(38)36(26-13-7-5-8-14-26)27-15-9-6-10-16-27/h5-23H,3-4H2,1-2H3. The fourth-order valence-electron chi connectivity index (χ4n) is 4.70. The van der Waals surface area contributed by atoms with E-state index < -0.39 is 5.91 Å². The van der Waals surface area contributed by atoms with Crippen LogP contribution in [0.15, 0.2) is 126 Å². The quantitative estimate of drug-likeness (QED) is 0.254. The number of anilines is 3. The minimum Gasteiger partial charge on any atom is -0.372 e. The molecule has 0 heterocycles. The highest BCUT2D eigenvalue weighted by Gasteiger charge is 2.32. The summed E-state index contributed by atoms with van der Waals surface area (Å²) in [7, 11) is 0. The van der Waals surface area contributed by atoms with E-state index in [9.17, 15) is 9.59 Å². The fourth-order valence-corrected chi connectivity index (χ4v) is 4.70. The lowest BCUT2D eigenvalue weighted by Gasteiger charge is -2.26. The van der Waals surface area contributed by atoms with Crippen molar-refractivity contribution >= 4 is 40.2 Å². The first kappa shape index (κ1) is 24.9. The molecule has 0 atom stereocenters. The monoisotopic (exact) mass is 499 g/mol. The van der Waals surface area contributed by atoms with Crippen LogP contribution in [0, 0.1) is 0 Å². The molecule has 0 unspecified atom stereocenters. The minimum absolute atomic E-state index is 0.0786. The maximum absolute atomic E-state index is 14.1. The van der Waals surface area contributed by atoms with Crippen molar-refractivity contribution in [3.8, 4) is 0 Å². The third kappa shape index (κ3) is 4.91. The number of hydrogen-bond donors (Lipinski definition) is 0. The fraction of sp³-hybridized carbons (Fsp3) is 0.121. The number of fused-ring (bicyclic) bond motifs is 1. The molecule has 0 bridgehead atoms. The second-order valence-corrected chi connectivity index (χ2v) is 8.93. The summed E-state index contributed by atoms with van der Waals surface area (Å²) in [5.74, 6) is -0.704. The number of aliphatic imine (C=N–C) groups is 1.